The lowest BCUT2D eigenvalue weighted by Gasteiger charge is -2.28. The molecule has 1 N–H and O–H groups in total. The Balaban J connectivity index is 1.68. The van der Waals surface area contributed by atoms with Crippen LogP contribution in [0.5, 0.6) is 0 Å². The summed E-state index contributed by atoms with van der Waals surface area (Å²) in [6.45, 7) is 4.58. The number of pyridine rings is 1. The van der Waals surface area contributed by atoms with Gasteiger partial charge in [-0.05, 0) is 24.5 Å². The van der Waals surface area contributed by atoms with Gasteiger partial charge in [0.1, 0.15) is 0 Å². The maximum Gasteiger partial charge on any atom is 0.350 e. The monoisotopic (exact) mass is 346 g/mol. The van der Waals surface area contributed by atoms with Crippen LogP contribution in [0.3, 0.4) is 0 Å². The first-order chi connectivity index (χ1) is 11.8. The normalized spacial score (nSPS) is 20.5. The zero-order valence-electron chi connectivity index (χ0n) is 14.4. The zero-order valence-corrected chi connectivity index (χ0v) is 14.4. The second-order valence-electron chi connectivity index (χ2n) is 6.87. The van der Waals surface area contributed by atoms with E-state index in [1.807, 2.05) is 13.8 Å². The van der Waals surface area contributed by atoms with E-state index in [0.717, 1.165) is 0 Å². The van der Waals surface area contributed by atoms with Crippen LogP contribution in [0.15, 0.2) is 29.2 Å². The lowest BCUT2D eigenvalue weighted by atomic mass is 9.76. The number of fused-ring (bicyclic) bond motifs is 1. The summed E-state index contributed by atoms with van der Waals surface area (Å²) in [6, 6.07) is 5.26. The second kappa shape index (κ2) is 6.34. The molecule has 0 radical (unpaired) electrons. The standard InChI is InChI=1S/C17H22N4O4/c1-12(2)17(15(23)24)7-10-19(11-17)14(22)6-9-21-16(25)20-8-4-3-5-13(20)18-21/h3-5,8,12H,6-7,9-11H2,1-2H3,(H,23,24). The van der Waals surface area contributed by atoms with Crippen molar-refractivity contribution in [1.82, 2.24) is 19.1 Å². The van der Waals surface area contributed by atoms with Gasteiger partial charge < -0.3 is 10.0 Å². The molecular weight excluding hydrogens is 324 g/mol. The van der Waals surface area contributed by atoms with Crippen molar-refractivity contribution in [2.45, 2.75) is 33.2 Å². The molecule has 3 heterocycles. The minimum absolute atomic E-state index is 0.0520. The Bertz CT molecular complexity index is 869. The number of likely N-dealkylation sites (tertiary alicyclic amines) is 1. The summed E-state index contributed by atoms with van der Waals surface area (Å²) in [5.41, 5.74) is -0.632. The molecule has 1 amide bonds. The van der Waals surface area contributed by atoms with Crippen LogP contribution in [0.25, 0.3) is 5.65 Å². The van der Waals surface area contributed by atoms with Crippen LogP contribution in [0, 0.1) is 11.3 Å². The van der Waals surface area contributed by atoms with E-state index in [-0.39, 0.29) is 37.0 Å². The number of hydrogen-bond acceptors (Lipinski definition) is 4. The molecule has 0 spiro atoms. The smallest absolute Gasteiger partial charge is 0.350 e. The fourth-order valence-corrected chi connectivity index (χ4v) is 3.41. The molecule has 1 atom stereocenters. The van der Waals surface area contributed by atoms with Gasteiger partial charge in [-0.3, -0.25) is 14.0 Å². The highest BCUT2D eigenvalue weighted by atomic mass is 16.4. The van der Waals surface area contributed by atoms with Crippen LogP contribution in [0.4, 0.5) is 0 Å². The molecule has 8 nitrogen and oxygen atoms in total. The van der Waals surface area contributed by atoms with Gasteiger partial charge in [0.15, 0.2) is 5.65 Å². The number of aromatic nitrogens is 3. The SMILES string of the molecule is CC(C)C1(C(=O)O)CCN(C(=O)CCn2nc3ccccn3c2=O)C1. The van der Waals surface area contributed by atoms with E-state index in [9.17, 15) is 19.5 Å². The van der Waals surface area contributed by atoms with Gasteiger partial charge in [0.2, 0.25) is 5.91 Å². The maximum absolute atomic E-state index is 12.5. The van der Waals surface area contributed by atoms with E-state index in [2.05, 4.69) is 5.10 Å². The molecule has 3 rings (SSSR count). The Labute approximate surface area is 144 Å². The maximum atomic E-state index is 12.5. The molecule has 0 aliphatic carbocycles. The van der Waals surface area contributed by atoms with Gasteiger partial charge in [-0.15, -0.1) is 5.10 Å². The van der Waals surface area contributed by atoms with Crippen LogP contribution < -0.4 is 5.69 Å². The van der Waals surface area contributed by atoms with Gasteiger partial charge in [-0.25, -0.2) is 9.48 Å². The summed E-state index contributed by atoms with van der Waals surface area (Å²) >= 11 is 0. The van der Waals surface area contributed by atoms with Crippen molar-refractivity contribution in [3.8, 4) is 0 Å². The van der Waals surface area contributed by atoms with Crippen LogP contribution in [-0.2, 0) is 16.1 Å². The van der Waals surface area contributed by atoms with E-state index in [1.165, 1.54) is 9.08 Å². The molecule has 1 unspecified atom stereocenters. The third-order valence-electron chi connectivity index (χ3n) is 5.21. The number of carbonyl (C=O) groups is 2. The van der Waals surface area contributed by atoms with Gasteiger partial charge in [0.05, 0.1) is 12.0 Å². The first kappa shape index (κ1) is 17.2. The van der Waals surface area contributed by atoms with Gasteiger partial charge in [-0.2, -0.15) is 0 Å². The molecule has 1 aliphatic rings. The molecule has 1 saturated heterocycles. The highest BCUT2D eigenvalue weighted by molar-refractivity contribution is 5.80. The number of rotatable bonds is 5. The summed E-state index contributed by atoms with van der Waals surface area (Å²) in [4.78, 5) is 37.9. The van der Waals surface area contributed by atoms with Crippen molar-refractivity contribution in [2.75, 3.05) is 13.1 Å². The molecule has 0 saturated carbocycles. The van der Waals surface area contributed by atoms with E-state index in [4.69, 9.17) is 0 Å². The number of aryl methyl sites for hydroxylation is 1. The molecule has 25 heavy (non-hydrogen) atoms. The van der Waals surface area contributed by atoms with Crippen molar-refractivity contribution >= 4 is 17.5 Å². The molecule has 1 fully saturated rings. The summed E-state index contributed by atoms with van der Waals surface area (Å²) in [5, 5.41) is 13.8. The Morgan fingerprint density at radius 1 is 1.36 bits per heavy atom. The first-order valence-corrected chi connectivity index (χ1v) is 8.40. The first-order valence-electron chi connectivity index (χ1n) is 8.40. The lowest BCUT2D eigenvalue weighted by molar-refractivity contribution is -0.151. The topological polar surface area (TPSA) is 96.9 Å². The van der Waals surface area contributed by atoms with Crippen LogP contribution in [-0.4, -0.2) is 49.2 Å². The highest BCUT2D eigenvalue weighted by Crippen LogP contribution is 2.38. The molecule has 134 valence electrons. The molecule has 8 heteroatoms. The molecule has 2 aromatic heterocycles. The molecule has 0 aromatic carbocycles. The lowest BCUT2D eigenvalue weighted by Crippen LogP contribution is -2.40. The van der Waals surface area contributed by atoms with Crippen LogP contribution in [0.1, 0.15) is 26.7 Å². The Morgan fingerprint density at radius 3 is 2.72 bits per heavy atom. The third kappa shape index (κ3) is 2.92. The number of nitrogens with zero attached hydrogens (tertiary/aromatic N) is 4. The quantitative estimate of drug-likeness (QED) is 0.865. The number of carboxylic acids is 1. The summed E-state index contributed by atoms with van der Waals surface area (Å²) < 4.78 is 2.70. The van der Waals surface area contributed by atoms with E-state index >= 15 is 0 Å². The molecule has 1 aliphatic heterocycles. The second-order valence-corrected chi connectivity index (χ2v) is 6.87. The molecule has 2 aromatic rings. The third-order valence-corrected chi connectivity index (χ3v) is 5.21. The molecule has 0 bridgehead atoms. The summed E-state index contributed by atoms with van der Waals surface area (Å²) in [6.07, 6.45) is 2.21. The summed E-state index contributed by atoms with van der Waals surface area (Å²) in [7, 11) is 0. The minimum atomic E-state index is -0.879. The average Bonchev–Trinajstić information content (AvgIpc) is 3.16. The van der Waals surface area contributed by atoms with E-state index in [1.54, 1.807) is 29.3 Å². The number of carbonyl (C=O) groups excluding carboxylic acids is 1. The zero-order chi connectivity index (χ0) is 18.2. The van der Waals surface area contributed by atoms with Crippen LogP contribution in [0.2, 0.25) is 0 Å². The van der Waals surface area contributed by atoms with Gasteiger partial charge in [-0.1, -0.05) is 19.9 Å². The average molecular weight is 346 g/mol. The Morgan fingerprint density at radius 2 is 2.12 bits per heavy atom. The summed E-state index contributed by atoms with van der Waals surface area (Å²) in [5.74, 6) is -1.05. The van der Waals surface area contributed by atoms with E-state index in [0.29, 0.717) is 18.6 Å². The number of aliphatic carboxylic acids is 1. The van der Waals surface area contributed by atoms with E-state index < -0.39 is 11.4 Å². The fraction of sp³-hybridized carbons (Fsp3) is 0.529. The Kier molecular flexibility index (Phi) is 4.36. The largest absolute Gasteiger partial charge is 0.481 e. The number of hydrogen-bond donors (Lipinski definition) is 1. The van der Waals surface area contributed by atoms with Crippen molar-refractivity contribution in [3.05, 3.63) is 34.9 Å². The van der Waals surface area contributed by atoms with Crippen LogP contribution >= 0.6 is 0 Å². The van der Waals surface area contributed by atoms with Gasteiger partial charge in [0.25, 0.3) is 0 Å². The van der Waals surface area contributed by atoms with Crippen molar-refractivity contribution in [1.29, 1.82) is 0 Å². The molecular formula is C17H22N4O4. The fourth-order valence-electron chi connectivity index (χ4n) is 3.41. The number of amides is 1. The minimum Gasteiger partial charge on any atom is -0.481 e. The van der Waals surface area contributed by atoms with Gasteiger partial charge >= 0.3 is 11.7 Å². The highest BCUT2D eigenvalue weighted by Gasteiger charge is 2.48. The van der Waals surface area contributed by atoms with Crippen molar-refractivity contribution in [2.24, 2.45) is 11.3 Å². The predicted octanol–water partition coefficient (Wildman–Crippen LogP) is 0.845. The Hall–Kier alpha value is -2.64. The van der Waals surface area contributed by atoms with Crippen molar-refractivity contribution in [3.63, 3.8) is 0 Å². The van der Waals surface area contributed by atoms with Gasteiger partial charge in [0, 0.05) is 25.7 Å². The van der Waals surface area contributed by atoms with Crippen molar-refractivity contribution < 1.29 is 14.7 Å². The number of carboxylic acid groups (broad SMARTS) is 1. The predicted molar refractivity (Wildman–Crippen MR) is 90.2 cm³/mol.